The van der Waals surface area contributed by atoms with Crippen LogP contribution in [0.25, 0.3) is 0 Å². The van der Waals surface area contributed by atoms with Gasteiger partial charge >= 0.3 is 0 Å². The van der Waals surface area contributed by atoms with Gasteiger partial charge in [0, 0.05) is 25.2 Å². The molecular weight excluding hydrogens is 124 g/mol. The molecular formula is C8H18N2. The molecule has 1 fully saturated rings. The minimum Gasteiger partial charge on any atom is -0.325 e. The van der Waals surface area contributed by atoms with E-state index in [1.165, 1.54) is 12.8 Å². The molecule has 0 spiro atoms. The van der Waals surface area contributed by atoms with Crippen molar-refractivity contribution < 1.29 is 0 Å². The van der Waals surface area contributed by atoms with E-state index >= 15 is 0 Å². The molecule has 1 aliphatic heterocycles. The summed E-state index contributed by atoms with van der Waals surface area (Å²) in [6, 6.07) is 1.25. The van der Waals surface area contributed by atoms with E-state index in [0.717, 1.165) is 19.1 Å². The van der Waals surface area contributed by atoms with Gasteiger partial charge in [-0.2, -0.15) is 0 Å². The molecule has 1 rings (SSSR count). The molecule has 2 nitrogen and oxygen atoms in total. The van der Waals surface area contributed by atoms with E-state index in [2.05, 4.69) is 18.7 Å². The van der Waals surface area contributed by atoms with Gasteiger partial charge in [0.1, 0.15) is 0 Å². The summed E-state index contributed by atoms with van der Waals surface area (Å²) >= 11 is 0. The van der Waals surface area contributed by atoms with E-state index in [4.69, 9.17) is 5.73 Å². The van der Waals surface area contributed by atoms with Crippen LogP contribution in [0.5, 0.6) is 0 Å². The van der Waals surface area contributed by atoms with Crippen molar-refractivity contribution in [3.63, 3.8) is 0 Å². The highest BCUT2D eigenvalue weighted by Crippen LogP contribution is 2.15. The van der Waals surface area contributed by atoms with E-state index in [1.807, 2.05) is 0 Å². The Morgan fingerprint density at radius 1 is 1.40 bits per heavy atom. The Bertz CT molecular complexity index is 93.4. The van der Waals surface area contributed by atoms with E-state index < -0.39 is 0 Å². The van der Waals surface area contributed by atoms with Gasteiger partial charge in [-0.05, 0) is 12.8 Å². The molecule has 1 heterocycles. The van der Waals surface area contributed by atoms with Crippen molar-refractivity contribution >= 4 is 0 Å². The SMILES string of the molecule is CCC(CC)N1CC(N)C1. The lowest BCUT2D eigenvalue weighted by Crippen LogP contribution is -2.59. The van der Waals surface area contributed by atoms with Crippen LogP contribution in [0.15, 0.2) is 0 Å². The van der Waals surface area contributed by atoms with Crippen LogP contribution in [-0.4, -0.2) is 30.1 Å². The van der Waals surface area contributed by atoms with Crippen molar-refractivity contribution in [2.24, 2.45) is 5.73 Å². The second kappa shape index (κ2) is 3.35. The first-order valence-electron chi connectivity index (χ1n) is 4.27. The van der Waals surface area contributed by atoms with Gasteiger partial charge in [0.05, 0.1) is 0 Å². The maximum absolute atomic E-state index is 5.67. The van der Waals surface area contributed by atoms with Crippen molar-refractivity contribution in [2.75, 3.05) is 13.1 Å². The average Bonchev–Trinajstić information content (AvgIpc) is 1.87. The van der Waals surface area contributed by atoms with Crippen LogP contribution in [0.3, 0.4) is 0 Å². The summed E-state index contributed by atoms with van der Waals surface area (Å²) < 4.78 is 0. The standard InChI is InChI=1S/C8H18N2/c1-3-8(4-2)10-5-7(9)6-10/h7-8H,3-6,9H2,1-2H3. The molecule has 1 aliphatic rings. The average molecular weight is 142 g/mol. The van der Waals surface area contributed by atoms with Gasteiger partial charge in [-0.15, -0.1) is 0 Å². The predicted octanol–water partition coefficient (Wildman–Crippen LogP) is 0.818. The first-order chi connectivity index (χ1) is 4.77. The van der Waals surface area contributed by atoms with Gasteiger partial charge < -0.3 is 5.73 Å². The molecule has 2 N–H and O–H groups in total. The molecule has 0 atom stereocenters. The fraction of sp³-hybridized carbons (Fsp3) is 1.00. The third kappa shape index (κ3) is 1.50. The molecule has 10 heavy (non-hydrogen) atoms. The molecule has 2 heteroatoms. The fourth-order valence-electron chi connectivity index (χ4n) is 1.65. The smallest absolute Gasteiger partial charge is 0.0297 e. The zero-order chi connectivity index (χ0) is 7.56. The molecule has 0 aromatic heterocycles. The molecule has 0 unspecified atom stereocenters. The predicted molar refractivity (Wildman–Crippen MR) is 43.9 cm³/mol. The Morgan fingerprint density at radius 3 is 2.20 bits per heavy atom. The number of likely N-dealkylation sites (tertiary alicyclic amines) is 1. The summed E-state index contributed by atoms with van der Waals surface area (Å²) in [4.78, 5) is 2.48. The first-order valence-corrected chi connectivity index (χ1v) is 4.27. The van der Waals surface area contributed by atoms with Crippen molar-refractivity contribution in [3.8, 4) is 0 Å². The van der Waals surface area contributed by atoms with E-state index in [0.29, 0.717) is 6.04 Å². The van der Waals surface area contributed by atoms with Crippen LogP contribution in [-0.2, 0) is 0 Å². The Kier molecular flexibility index (Phi) is 2.69. The zero-order valence-electron chi connectivity index (χ0n) is 7.01. The van der Waals surface area contributed by atoms with Gasteiger partial charge in [0.2, 0.25) is 0 Å². The lowest BCUT2D eigenvalue weighted by atomic mass is 10.0. The van der Waals surface area contributed by atoms with Gasteiger partial charge in [-0.1, -0.05) is 13.8 Å². The highest BCUT2D eigenvalue weighted by Gasteiger charge is 2.27. The summed E-state index contributed by atoms with van der Waals surface area (Å²) in [7, 11) is 0. The molecule has 0 amide bonds. The summed E-state index contributed by atoms with van der Waals surface area (Å²) in [6.07, 6.45) is 2.53. The number of hydrogen-bond acceptors (Lipinski definition) is 2. The van der Waals surface area contributed by atoms with Gasteiger partial charge in [-0.25, -0.2) is 0 Å². The third-order valence-electron chi connectivity index (χ3n) is 2.40. The number of nitrogens with zero attached hydrogens (tertiary/aromatic N) is 1. The normalized spacial score (nSPS) is 21.6. The number of nitrogens with two attached hydrogens (primary N) is 1. The summed E-state index contributed by atoms with van der Waals surface area (Å²) in [5, 5.41) is 0. The van der Waals surface area contributed by atoms with Crippen molar-refractivity contribution in [3.05, 3.63) is 0 Å². The van der Waals surface area contributed by atoms with Gasteiger partial charge in [0.25, 0.3) is 0 Å². The molecule has 0 aromatic carbocycles. The highest BCUT2D eigenvalue weighted by molar-refractivity contribution is 4.86. The Labute approximate surface area is 63.4 Å². The van der Waals surface area contributed by atoms with Crippen molar-refractivity contribution in [2.45, 2.75) is 38.8 Å². The molecule has 0 aliphatic carbocycles. The molecule has 0 aromatic rings. The Morgan fingerprint density at radius 2 is 1.90 bits per heavy atom. The zero-order valence-corrected chi connectivity index (χ0v) is 7.01. The second-order valence-corrected chi connectivity index (χ2v) is 3.18. The monoisotopic (exact) mass is 142 g/mol. The Hall–Kier alpha value is -0.0800. The maximum Gasteiger partial charge on any atom is 0.0297 e. The van der Waals surface area contributed by atoms with Gasteiger partial charge in [0.15, 0.2) is 0 Å². The van der Waals surface area contributed by atoms with Crippen molar-refractivity contribution in [1.29, 1.82) is 0 Å². The maximum atomic E-state index is 5.67. The molecule has 1 saturated heterocycles. The topological polar surface area (TPSA) is 29.3 Å². The lowest BCUT2D eigenvalue weighted by Gasteiger charge is -2.42. The van der Waals surface area contributed by atoms with Crippen LogP contribution >= 0.6 is 0 Å². The van der Waals surface area contributed by atoms with Crippen molar-refractivity contribution in [1.82, 2.24) is 4.90 Å². The van der Waals surface area contributed by atoms with Crippen LogP contribution in [0.2, 0.25) is 0 Å². The van der Waals surface area contributed by atoms with Crippen LogP contribution in [0.1, 0.15) is 26.7 Å². The van der Waals surface area contributed by atoms with Crippen LogP contribution < -0.4 is 5.73 Å². The van der Waals surface area contributed by atoms with E-state index in [-0.39, 0.29) is 0 Å². The molecule has 0 bridgehead atoms. The van der Waals surface area contributed by atoms with Gasteiger partial charge in [-0.3, -0.25) is 4.90 Å². The number of hydrogen-bond donors (Lipinski definition) is 1. The molecule has 0 radical (unpaired) electrons. The van der Waals surface area contributed by atoms with E-state index in [1.54, 1.807) is 0 Å². The lowest BCUT2D eigenvalue weighted by molar-refractivity contribution is 0.0889. The largest absolute Gasteiger partial charge is 0.325 e. The minimum absolute atomic E-state index is 0.459. The van der Waals surface area contributed by atoms with Crippen LogP contribution in [0.4, 0.5) is 0 Å². The second-order valence-electron chi connectivity index (χ2n) is 3.18. The summed E-state index contributed by atoms with van der Waals surface area (Å²) in [5.74, 6) is 0. The molecule has 0 saturated carbocycles. The summed E-state index contributed by atoms with van der Waals surface area (Å²) in [5.41, 5.74) is 5.67. The van der Waals surface area contributed by atoms with E-state index in [9.17, 15) is 0 Å². The quantitative estimate of drug-likeness (QED) is 0.632. The Balaban J connectivity index is 2.21. The third-order valence-corrected chi connectivity index (χ3v) is 2.40. The summed E-state index contributed by atoms with van der Waals surface area (Å²) in [6.45, 7) is 6.73. The highest BCUT2D eigenvalue weighted by atomic mass is 15.2. The molecule has 60 valence electrons. The fourth-order valence-corrected chi connectivity index (χ4v) is 1.65. The minimum atomic E-state index is 0.459. The number of rotatable bonds is 3. The van der Waals surface area contributed by atoms with Crippen LogP contribution in [0, 0.1) is 0 Å². The first kappa shape index (κ1) is 8.02.